The molecular weight excluding hydrogens is 548 g/mol. The molecular formula is C39H74O5. The highest BCUT2D eigenvalue weighted by atomic mass is 16.5. The molecule has 5 heteroatoms. The van der Waals surface area contributed by atoms with Gasteiger partial charge in [0.1, 0.15) is 5.78 Å². The molecule has 5 nitrogen and oxygen atoms in total. The molecule has 0 aromatic heterocycles. The van der Waals surface area contributed by atoms with Crippen molar-refractivity contribution in [3.05, 3.63) is 0 Å². The molecule has 260 valence electrons. The lowest BCUT2D eigenvalue weighted by Crippen LogP contribution is -2.07. The Bertz CT molecular complexity index is 638. The van der Waals surface area contributed by atoms with Crippen LogP contribution in [-0.4, -0.2) is 30.9 Å². The second-order valence-electron chi connectivity index (χ2n) is 13.3. The van der Waals surface area contributed by atoms with E-state index in [1.165, 1.54) is 83.5 Å². The maximum Gasteiger partial charge on any atom is 0.305 e. The Morgan fingerprint density at radius 3 is 1.18 bits per heavy atom. The second kappa shape index (κ2) is 34.5. The molecule has 0 saturated carbocycles. The summed E-state index contributed by atoms with van der Waals surface area (Å²) in [6.45, 7) is 7.91. The van der Waals surface area contributed by atoms with E-state index in [4.69, 9.17) is 9.47 Å². The molecule has 0 aliphatic carbocycles. The van der Waals surface area contributed by atoms with Crippen LogP contribution >= 0.6 is 0 Å². The minimum atomic E-state index is -0.0550. The molecule has 0 rings (SSSR count). The number of carbonyl (C=O) groups is 3. The fraction of sp³-hybridized carbons (Fsp3) is 0.923. The predicted octanol–water partition coefficient (Wildman–Crippen LogP) is 12.0. The summed E-state index contributed by atoms with van der Waals surface area (Å²) in [7, 11) is 0. The average Bonchev–Trinajstić information content (AvgIpc) is 3.02. The number of ketones is 1. The summed E-state index contributed by atoms with van der Waals surface area (Å²) in [4.78, 5) is 36.0. The van der Waals surface area contributed by atoms with Crippen molar-refractivity contribution in [2.45, 2.75) is 213 Å². The number of unbranched alkanes of at least 4 members (excludes halogenated alkanes) is 17. The fourth-order valence-electron chi connectivity index (χ4n) is 5.90. The highest BCUT2D eigenvalue weighted by molar-refractivity contribution is 5.78. The smallest absolute Gasteiger partial charge is 0.305 e. The average molecular weight is 623 g/mol. The molecule has 0 unspecified atom stereocenters. The third-order valence-corrected chi connectivity index (χ3v) is 8.89. The first-order valence-electron chi connectivity index (χ1n) is 19.4. The SMILES string of the molecule is CCCCCCCCCOC(=O)CCCCCCCC(=O)CCCCCCCC(=O)OCCCCC(CCCC)CCCC. The Labute approximate surface area is 273 Å². The van der Waals surface area contributed by atoms with Crippen molar-refractivity contribution in [2.75, 3.05) is 13.2 Å². The number of ether oxygens (including phenoxy) is 2. The van der Waals surface area contributed by atoms with Crippen molar-refractivity contribution in [3.8, 4) is 0 Å². The Balaban J connectivity index is 3.46. The number of rotatable bonds is 35. The summed E-state index contributed by atoms with van der Waals surface area (Å²) >= 11 is 0. The zero-order chi connectivity index (χ0) is 32.4. The minimum absolute atomic E-state index is 0.0487. The maximum absolute atomic E-state index is 12.2. The molecule has 0 atom stereocenters. The van der Waals surface area contributed by atoms with Gasteiger partial charge in [0, 0.05) is 25.7 Å². The van der Waals surface area contributed by atoms with Crippen molar-refractivity contribution in [3.63, 3.8) is 0 Å². The first kappa shape index (κ1) is 42.6. The van der Waals surface area contributed by atoms with Gasteiger partial charge in [-0.3, -0.25) is 14.4 Å². The van der Waals surface area contributed by atoms with Gasteiger partial charge in [-0.15, -0.1) is 0 Å². The van der Waals surface area contributed by atoms with E-state index in [2.05, 4.69) is 20.8 Å². The van der Waals surface area contributed by atoms with Crippen LogP contribution in [0.1, 0.15) is 213 Å². The Morgan fingerprint density at radius 2 is 0.727 bits per heavy atom. The summed E-state index contributed by atoms with van der Waals surface area (Å²) in [5, 5.41) is 0. The van der Waals surface area contributed by atoms with Crippen LogP contribution in [0.4, 0.5) is 0 Å². The molecule has 0 aliphatic rings. The van der Waals surface area contributed by atoms with Gasteiger partial charge in [0.15, 0.2) is 0 Å². The van der Waals surface area contributed by atoms with E-state index in [0.29, 0.717) is 44.7 Å². The number of hydrogen-bond donors (Lipinski definition) is 0. The lowest BCUT2D eigenvalue weighted by atomic mass is 9.91. The standard InChI is InChI=1S/C39H74O5/c1-4-7-10-11-12-19-25-34-43-38(41)32-22-17-13-15-20-30-37(40)31-21-16-14-18-23-33-39(42)44-35-26-24-29-36(27-8-5-2)28-9-6-3/h36H,4-35H2,1-3H3. The number of esters is 2. The lowest BCUT2D eigenvalue weighted by molar-refractivity contribution is -0.144. The molecule has 0 amide bonds. The molecule has 0 aromatic rings. The topological polar surface area (TPSA) is 69.7 Å². The van der Waals surface area contributed by atoms with Crippen LogP contribution < -0.4 is 0 Å². The van der Waals surface area contributed by atoms with Gasteiger partial charge in [0.05, 0.1) is 13.2 Å². The first-order valence-corrected chi connectivity index (χ1v) is 19.4. The molecule has 0 saturated heterocycles. The molecule has 0 aliphatic heterocycles. The van der Waals surface area contributed by atoms with Crippen molar-refractivity contribution < 1.29 is 23.9 Å². The van der Waals surface area contributed by atoms with Crippen LogP contribution in [0, 0.1) is 5.92 Å². The Hall–Kier alpha value is -1.39. The second-order valence-corrected chi connectivity index (χ2v) is 13.3. The highest BCUT2D eigenvalue weighted by Gasteiger charge is 2.09. The van der Waals surface area contributed by atoms with Gasteiger partial charge in [-0.25, -0.2) is 0 Å². The minimum Gasteiger partial charge on any atom is -0.466 e. The van der Waals surface area contributed by atoms with Gasteiger partial charge in [-0.2, -0.15) is 0 Å². The Kier molecular flexibility index (Phi) is 33.4. The summed E-state index contributed by atoms with van der Waals surface area (Å²) in [6.07, 6.45) is 32.5. The van der Waals surface area contributed by atoms with Crippen molar-refractivity contribution in [1.82, 2.24) is 0 Å². The summed E-state index contributed by atoms with van der Waals surface area (Å²) in [5.74, 6) is 1.13. The van der Waals surface area contributed by atoms with E-state index in [1.54, 1.807) is 0 Å². The quantitative estimate of drug-likeness (QED) is 0.0519. The predicted molar refractivity (Wildman–Crippen MR) is 186 cm³/mol. The molecule has 0 N–H and O–H groups in total. The molecule has 0 spiro atoms. The van der Waals surface area contributed by atoms with Crippen LogP contribution in [0.2, 0.25) is 0 Å². The normalized spacial score (nSPS) is 11.3. The van der Waals surface area contributed by atoms with Crippen LogP contribution in [0.3, 0.4) is 0 Å². The van der Waals surface area contributed by atoms with Crippen LogP contribution in [-0.2, 0) is 23.9 Å². The third kappa shape index (κ3) is 32.0. The van der Waals surface area contributed by atoms with E-state index >= 15 is 0 Å². The largest absolute Gasteiger partial charge is 0.466 e. The maximum atomic E-state index is 12.2. The lowest BCUT2D eigenvalue weighted by Gasteiger charge is -2.16. The van der Waals surface area contributed by atoms with Gasteiger partial charge >= 0.3 is 11.9 Å². The highest BCUT2D eigenvalue weighted by Crippen LogP contribution is 2.22. The summed E-state index contributed by atoms with van der Waals surface area (Å²) < 4.78 is 10.8. The molecule has 0 radical (unpaired) electrons. The van der Waals surface area contributed by atoms with Gasteiger partial charge in [0.2, 0.25) is 0 Å². The Morgan fingerprint density at radius 1 is 0.386 bits per heavy atom. The van der Waals surface area contributed by atoms with E-state index in [1.807, 2.05) is 0 Å². The van der Waals surface area contributed by atoms with Crippen LogP contribution in [0.15, 0.2) is 0 Å². The molecule has 0 aromatic carbocycles. The summed E-state index contributed by atoms with van der Waals surface area (Å²) in [5.41, 5.74) is 0. The van der Waals surface area contributed by atoms with E-state index in [9.17, 15) is 14.4 Å². The number of carbonyl (C=O) groups excluding carboxylic acids is 3. The van der Waals surface area contributed by atoms with Gasteiger partial charge in [0.25, 0.3) is 0 Å². The van der Waals surface area contributed by atoms with E-state index < -0.39 is 0 Å². The zero-order valence-corrected chi connectivity index (χ0v) is 29.7. The van der Waals surface area contributed by atoms with Gasteiger partial charge in [-0.1, -0.05) is 143 Å². The molecule has 0 bridgehead atoms. The monoisotopic (exact) mass is 623 g/mol. The van der Waals surface area contributed by atoms with Gasteiger partial charge < -0.3 is 9.47 Å². The third-order valence-electron chi connectivity index (χ3n) is 8.89. The van der Waals surface area contributed by atoms with Gasteiger partial charge in [-0.05, 0) is 50.9 Å². The number of hydrogen-bond acceptors (Lipinski definition) is 5. The van der Waals surface area contributed by atoms with Crippen molar-refractivity contribution in [2.24, 2.45) is 5.92 Å². The van der Waals surface area contributed by atoms with Crippen molar-refractivity contribution in [1.29, 1.82) is 0 Å². The van der Waals surface area contributed by atoms with E-state index in [0.717, 1.165) is 89.4 Å². The van der Waals surface area contributed by atoms with Crippen LogP contribution in [0.5, 0.6) is 0 Å². The summed E-state index contributed by atoms with van der Waals surface area (Å²) in [6, 6.07) is 0. The zero-order valence-electron chi connectivity index (χ0n) is 29.7. The molecule has 0 fully saturated rings. The number of Topliss-reactive ketones (excluding diaryl/α,β-unsaturated/α-hetero) is 1. The fourth-order valence-corrected chi connectivity index (χ4v) is 5.90. The van der Waals surface area contributed by atoms with E-state index in [-0.39, 0.29) is 11.9 Å². The van der Waals surface area contributed by atoms with Crippen LogP contribution in [0.25, 0.3) is 0 Å². The first-order chi connectivity index (χ1) is 21.5. The molecule has 0 heterocycles. The van der Waals surface area contributed by atoms with Crippen molar-refractivity contribution >= 4 is 17.7 Å². The molecule has 44 heavy (non-hydrogen) atoms.